The second kappa shape index (κ2) is 11.9. The second-order valence-corrected chi connectivity index (χ2v) is 9.76. The normalized spacial score (nSPS) is 11.9. The Morgan fingerprint density at radius 1 is 0.800 bits per heavy atom. The van der Waals surface area contributed by atoms with Gasteiger partial charge in [0.25, 0.3) is 0 Å². The van der Waals surface area contributed by atoms with E-state index in [-0.39, 0.29) is 22.7 Å². The standard InChI is InChI=1S/C29H37N3O3/c1-20-8-10-26(33)24(12-20)15-31-18-29(4,17-30-14-23-7-5-6-22(3)28(23)35)19-32-16-25-13-21(2)9-11-27(25)34/h5-14,31-35H,15-19H2,1-4H3. The van der Waals surface area contributed by atoms with Gasteiger partial charge in [-0.15, -0.1) is 0 Å². The number of hydrogen-bond donors (Lipinski definition) is 5. The highest BCUT2D eigenvalue weighted by Crippen LogP contribution is 2.23. The van der Waals surface area contributed by atoms with Gasteiger partial charge in [0.05, 0.1) is 0 Å². The minimum Gasteiger partial charge on any atom is -0.508 e. The molecule has 0 spiro atoms. The van der Waals surface area contributed by atoms with Crippen LogP contribution in [0.25, 0.3) is 0 Å². The molecule has 5 N–H and O–H groups in total. The molecule has 0 aliphatic rings. The number of rotatable bonds is 11. The molecule has 0 saturated heterocycles. The van der Waals surface area contributed by atoms with Gasteiger partial charge in [0.15, 0.2) is 0 Å². The van der Waals surface area contributed by atoms with Gasteiger partial charge in [-0.25, -0.2) is 0 Å². The van der Waals surface area contributed by atoms with Crippen LogP contribution >= 0.6 is 0 Å². The lowest BCUT2D eigenvalue weighted by Gasteiger charge is -2.29. The van der Waals surface area contributed by atoms with E-state index in [0.29, 0.717) is 38.3 Å². The SMILES string of the molecule is Cc1ccc(O)c(CNCC(C)(CN=Cc2cccc(C)c2O)CNCc2cc(C)ccc2O)c1. The first-order valence-corrected chi connectivity index (χ1v) is 11.9. The van der Waals surface area contributed by atoms with E-state index in [2.05, 4.69) is 22.5 Å². The van der Waals surface area contributed by atoms with Crippen molar-refractivity contribution in [2.45, 2.75) is 40.8 Å². The Morgan fingerprint density at radius 3 is 1.89 bits per heavy atom. The maximum Gasteiger partial charge on any atom is 0.127 e. The first-order chi connectivity index (χ1) is 16.7. The second-order valence-electron chi connectivity index (χ2n) is 9.76. The Morgan fingerprint density at radius 2 is 1.34 bits per heavy atom. The fraction of sp³-hybridized carbons (Fsp3) is 0.345. The summed E-state index contributed by atoms with van der Waals surface area (Å²) in [4.78, 5) is 4.67. The number of para-hydroxylation sites is 1. The van der Waals surface area contributed by atoms with Crippen LogP contribution in [0.3, 0.4) is 0 Å². The number of nitrogens with zero attached hydrogens (tertiary/aromatic N) is 1. The third kappa shape index (κ3) is 7.57. The first-order valence-electron chi connectivity index (χ1n) is 11.9. The van der Waals surface area contributed by atoms with Gasteiger partial charge in [0.1, 0.15) is 17.2 Å². The van der Waals surface area contributed by atoms with E-state index in [0.717, 1.165) is 27.8 Å². The molecule has 0 unspecified atom stereocenters. The maximum atomic E-state index is 10.3. The number of phenolic OH excluding ortho intramolecular Hbond substituents is 3. The molecule has 6 nitrogen and oxygen atoms in total. The van der Waals surface area contributed by atoms with E-state index >= 15 is 0 Å². The topological polar surface area (TPSA) is 97.1 Å². The summed E-state index contributed by atoms with van der Waals surface area (Å²) in [7, 11) is 0. The van der Waals surface area contributed by atoms with Crippen molar-refractivity contribution in [1.29, 1.82) is 0 Å². The molecule has 0 fully saturated rings. The van der Waals surface area contributed by atoms with Crippen LogP contribution < -0.4 is 10.6 Å². The number of aromatic hydroxyl groups is 3. The molecule has 0 heterocycles. The minimum atomic E-state index is -0.255. The Balaban J connectivity index is 1.68. The summed E-state index contributed by atoms with van der Waals surface area (Å²) in [6.45, 7) is 11.0. The zero-order chi connectivity index (χ0) is 25.4. The quantitative estimate of drug-likeness (QED) is 0.258. The molecular weight excluding hydrogens is 438 g/mol. The van der Waals surface area contributed by atoms with Crippen LogP contribution in [-0.4, -0.2) is 41.2 Å². The summed E-state index contributed by atoms with van der Waals surface area (Å²) in [5.74, 6) is 0.815. The molecule has 0 aliphatic carbocycles. The monoisotopic (exact) mass is 475 g/mol. The van der Waals surface area contributed by atoms with Gasteiger partial charge in [-0.2, -0.15) is 0 Å². The summed E-state index contributed by atoms with van der Waals surface area (Å²) in [6, 6.07) is 16.8. The largest absolute Gasteiger partial charge is 0.508 e. The molecule has 0 atom stereocenters. The lowest BCUT2D eigenvalue weighted by molar-refractivity contribution is 0.296. The van der Waals surface area contributed by atoms with Crippen molar-refractivity contribution >= 4 is 6.21 Å². The van der Waals surface area contributed by atoms with Gasteiger partial charge in [0.2, 0.25) is 0 Å². The Hall–Kier alpha value is -3.35. The van der Waals surface area contributed by atoms with Crippen molar-refractivity contribution in [3.8, 4) is 17.2 Å². The van der Waals surface area contributed by atoms with Crippen molar-refractivity contribution < 1.29 is 15.3 Å². The number of benzene rings is 3. The highest BCUT2D eigenvalue weighted by molar-refractivity contribution is 5.84. The van der Waals surface area contributed by atoms with Gasteiger partial charge >= 0.3 is 0 Å². The lowest BCUT2D eigenvalue weighted by atomic mass is 9.90. The van der Waals surface area contributed by atoms with E-state index < -0.39 is 0 Å². The highest BCUT2D eigenvalue weighted by atomic mass is 16.3. The van der Waals surface area contributed by atoms with Gasteiger partial charge in [-0.05, 0) is 44.5 Å². The number of hydrogen-bond acceptors (Lipinski definition) is 6. The number of aryl methyl sites for hydroxylation is 3. The average molecular weight is 476 g/mol. The van der Waals surface area contributed by atoms with E-state index in [1.54, 1.807) is 18.3 Å². The molecule has 0 aromatic heterocycles. The van der Waals surface area contributed by atoms with Crippen LogP contribution in [0.15, 0.2) is 59.6 Å². The molecule has 0 bridgehead atoms. The van der Waals surface area contributed by atoms with Crippen LogP contribution in [0.2, 0.25) is 0 Å². The first kappa shape index (κ1) is 26.3. The molecule has 0 radical (unpaired) electrons. The van der Waals surface area contributed by atoms with Crippen molar-refractivity contribution in [2.24, 2.45) is 10.4 Å². The lowest BCUT2D eigenvalue weighted by Crippen LogP contribution is -2.42. The predicted octanol–water partition coefficient (Wildman–Crippen LogP) is 4.73. The van der Waals surface area contributed by atoms with Crippen molar-refractivity contribution in [3.05, 3.63) is 88.0 Å². The molecule has 0 aliphatic heterocycles. The molecule has 35 heavy (non-hydrogen) atoms. The van der Waals surface area contributed by atoms with E-state index in [1.165, 1.54) is 0 Å². The fourth-order valence-corrected chi connectivity index (χ4v) is 4.03. The molecule has 3 aromatic carbocycles. The van der Waals surface area contributed by atoms with Crippen LogP contribution in [0.1, 0.15) is 40.3 Å². The zero-order valence-corrected chi connectivity index (χ0v) is 21.1. The van der Waals surface area contributed by atoms with Crippen LogP contribution in [-0.2, 0) is 13.1 Å². The van der Waals surface area contributed by atoms with Crippen LogP contribution in [0.4, 0.5) is 0 Å². The Bertz CT molecular complexity index is 1120. The Kier molecular flexibility index (Phi) is 8.90. The third-order valence-electron chi connectivity index (χ3n) is 6.18. The van der Waals surface area contributed by atoms with Gasteiger partial charge in [0, 0.05) is 61.0 Å². The van der Waals surface area contributed by atoms with Crippen molar-refractivity contribution in [3.63, 3.8) is 0 Å². The van der Waals surface area contributed by atoms with E-state index in [1.807, 2.05) is 63.2 Å². The summed E-state index contributed by atoms with van der Waals surface area (Å²) >= 11 is 0. The minimum absolute atomic E-state index is 0.249. The molecule has 0 amide bonds. The highest BCUT2D eigenvalue weighted by Gasteiger charge is 2.24. The van der Waals surface area contributed by atoms with Gasteiger partial charge in [-0.3, -0.25) is 4.99 Å². The Labute approximate surface area is 208 Å². The number of phenols is 3. The molecular formula is C29H37N3O3. The van der Waals surface area contributed by atoms with Crippen LogP contribution in [0, 0.1) is 26.2 Å². The molecule has 186 valence electrons. The maximum absolute atomic E-state index is 10.3. The van der Waals surface area contributed by atoms with Gasteiger partial charge in [-0.1, -0.05) is 54.4 Å². The third-order valence-corrected chi connectivity index (χ3v) is 6.18. The van der Waals surface area contributed by atoms with E-state index in [9.17, 15) is 15.3 Å². The summed E-state index contributed by atoms with van der Waals surface area (Å²) in [6.07, 6.45) is 1.72. The van der Waals surface area contributed by atoms with Crippen LogP contribution in [0.5, 0.6) is 17.2 Å². The van der Waals surface area contributed by atoms with Gasteiger partial charge < -0.3 is 26.0 Å². The summed E-state index contributed by atoms with van der Waals surface area (Å²) < 4.78 is 0. The van der Waals surface area contributed by atoms with Crippen molar-refractivity contribution in [1.82, 2.24) is 10.6 Å². The molecule has 0 saturated carbocycles. The molecule has 6 heteroatoms. The fourth-order valence-electron chi connectivity index (χ4n) is 4.03. The molecule has 3 rings (SSSR count). The van der Waals surface area contributed by atoms with E-state index in [4.69, 9.17) is 0 Å². The summed E-state index contributed by atoms with van der Waals surface area (Å²) in [5, 5.41) is 37.6. The molecule has 3 aromatic rings. The zero-order valence-electron chi connectivity index (χ0n) is 21.1. The van der Waals surface area contributed by atoms with Crippen molar-refractivity contribution in [2.75, 3.05) is 19.6 Å². The number of aliphatic imine (C=N–C) groups is 1. The number of nitrogens with one attached hydrogen (secondary N) is 2. The smallest absolute Gasteiger partial charge is 0.127 e. The average Bonchev–Trinajstić information content (AvgIpc) is 2.81. The summed E-state index contributed by atoms with van der Waals surface area (Å²) in [5.41, 5.74) is 5.18. The predicted molar refractivity (Wildman–Crippen MR) is 143 cm³/mol.